The summed E-state index contributed by atoms with van der Waals surface area (Å²) in [6.07, 6.45) is -3.92. The molecule has 2 aliphatic carbocycles. The molecular formula is C61H87N3O27. The minimum absolute atomic E-state index is 0.0309. The Bertz CT molecular complexity index is 2680. The number of phenols is 2. The Morgan fingerprint density at radius 1 is 0.615 bits per heavy atom. The van der Waals surface area contributed by atoms with Gasteiger partial charge in [-0.25, -0.2) is 0 Å². The summed E-state index contributed by atoms with van der Waals surface area (Å²) in [5.74, 6) is -5.68. The second-order valence-corrected chi connectivity index (χ2v) is 21.0. The lowest BCUT2D eigenvalue weighted by molar-refractivity contribution is -0.249. The number of nitrogens with zero attached hydrogens (tertiary/aromatic N) is 1. The van der Waals surface area contributed by atoms with E-state index in [0.29, 0.717) is 145 Å². The number of ketones is 3. The van der Waals surface area contributed by atoms with Crippen molar-refractivity contribution >= 4 is 41.0 Å². The molecule has 2 aliphatic heterocycles. The Morgan fingerprint density at radius 2 is 1.08 bits per heavy atom. The largest absolute Gasteiger partial charge is 0.507 e. The van der Waals surface area contributed by atoms with Gasteiger partial charge in [0.05, 0.1) is 201 Å². The van der Waals surface area contributed by atoms with Crippen LogP contribution in [0.3, 0.4) is 0 Å². The second-order valence-electron chi connectivity index (χ2n) is 21.0. The zero-order valence-electron chi connectivity index (χ0n) is 51.6. The normalized spacial score (nSPS) is 20.2. The van der Waals surface area contributed by atoms with Crippen LogP contribution in [-0.2, 0) is 96.7 Å². The molecule has 1 unspecified atom stereocenters. The van der Waals surface area contributed by atoms with Crippen molar-refractivity contribution in [2.75, 3.05) is 185 Å². The zero-order chi connectivity index (χ0) is 65.4. The number of rotatable bonds is 48. The number of amides is 4. The van der Waals surface area contributed by atoms with E-state index in [4.69, 9.17) is 71.1 Å². The number of aromatic hydroxyl groups is 2. The third kappa shape index (κ3) is 23.2. The van der Waals surface area contributed by atoms with Gasteiger partial charge in [0.1, 0.15) is 35.6 Å². The number of aliphatic hydroxyl groups is 3. The quantitative estimate of drug-likeness (QED) is 0.0206. The summed E-state index contributed by atoms with van der Waals surface area (Å²) in [6.45, 7) is 9.52. The Morgan fingerprint density at radius 3 is 1.55 bits per heavy atom. The first kappa shape index (κ1) is 74.0. The second kappa shape index (κ2) is 40.2. The molecule has 0 spiro atoms. The van der Waals surface area contributed by atoms with E-state index in [2.05, 4.69) is 10.6 Å². The molecule has 4 amide bonds. The lowest BCUT2D eigenvalue weighted by atomic mass is 9.72. The fourth-order valence-electron chi connectivity index (χ4n) is 10.0. The van der Waals surface area contributed by atoms with Gasteiger partial charge in [-0.1, -0.05) is 12.1 Å². The third-order valence-electron chi connectivity index (χ3n) is 14.7. The molecule has 1 fully saturated rings. The van der Waals surface area contributed by atoms with Crippen molar-refractivity contribution < 1.29 is 130 Å². The molecule has 0 bridgehead atoms. The number of nitrogens with one attached hydrogen (secondary N) is 2. The van der Waals surface area contributed by atoms with Gasteiger partial charge in [0.15, 0.2) is 17.9 Å². The molecule has 1 saturated heterocycles. The number of carbonyl (C=O) groups excluding carboxylic acids is 7. The molecule has 7 N–H and O–H groups in total. The van der Waals surface area contributed by atoms with Crippen LogP contribution in [0.2, 0.25) is 0 Å². The van der Waals surface area contributed by atoms with Crippen molar-refractivity contribution in [2.45, 2.75) is 75.3 Å². The Hall–Kier alpha value is -6.01. The van der Waals surface area contributed by atoms with Gasteiger partial charge in [-0.2, -0.15) is 0 Å². The number of methoxy groups -OCH3 is 1. The van der Waals surface area contributed by atoms with Gasteiger partial charge in [-0.15, -0.1) is 0 Å². The monoisotopic (exact) mass is 1290 g/mol. The van der Waals surface area contributed by atoms with E-state index >= 15 is 0 Å². The Kier molecular flexibility index (Phi) is 32.7. The highest BCUT2D eigenvalue weighted by molar-refractivity contribution is 6.31. The molecule has 91 heavy (non-hydrogen) atoms. The van der Waals surface area contributed by atoms with Crippen LogP contribution in [0.1, 0.15) is 81.7 Å². The van der Waals surface area contributed by atoms with Crippen LogP contribution in [-0.4, -0.2) is 287 Å². The fourth-order valence-corrected chi connectivity index (χ4v) is 10.0. The molecule has 2 aromatic carbocycles. The van der Waals surface area contributed by atoms with Crippen molar-refractivity contribution in [1.29, 1.82) is 0 Å². The lowest BCUT2D eigenvalue weighted by Crippen LogP contribution is -2.56. The topological polar surface area (TPSA) is 386 Å². The van der Waals surface area contributed by atoms with E-state index in [0.717, 1.165) is 4.90 Å². The number of hydrogen-bond donors (Lipinski definition) is 7. The maximum atomic E-state index is 14.0. The average molecular weight is 1290 g/mol. The highest BCUT2D eigenvalue weighted by Crippen LogP contribution is 2.52. The molecule has 0 saturated carbocycles. The predicted molar refractivity (Wildman–Crippen MR) is 314 cm³/mol. The number of phenolic OH excluding ortho intramolecular Hbond substituents is 2. The van der Waals surface area contributed by atoms with Gasteiger partial charge >= 0.3 is 0 Å². The van der Waals surface area contributed by atoms with Crippen molar-refractivity contribution in [3.05, 3.63) is 63.7 Å². The van der Waals surface area contributed by atoms with Crippen molar-refractivity contribution in [3.63, 3.8) is 0 Å². The number of Topliss-reactive ketones (excluding diaryl/α,β-unsaturated/α-hetero) is 1. The predicted octanol–water partition coefficient (Wildman–Crippen LogP) is -0.821. The van der Waals surface area contributed by atoms with Gasteiger partial charge in [0.2, 0.25) is 17.6 Å². The fraction of sp³-hybridized carbons (Fsp3) is 0.656. The first-order valence-electron chi connectivity index (χ1n) is 30.3. The third-order valence-corrected chi connectivity index (χ3v) is 14.7. The number of carbonyl (C=O) groups is 7. The molecule has 6 rings (SSSR count). The van der Waals surface area contributed by atoms with Crippen molar-refractivity contribution in [3.8, 4) is 17.2 Å². The number of aliphatic hydroxyl groups excluding tert-OH is 2. The number of ether oxygens (including phenoxy) is 15. The number of benzene rings is 2. The molecule has 30 nitrogen and oxygen atoms in total. The van der Waals surface area contributed by atoms with E-state index in [1.165, 1.54) is 44.4 Å². The van der Waals surface area contributed by atoms with Crippen LogP contribution in [0.25, 0.3) is 0 Å². The number of imide groups is 1. The van der Waals surface area contributed by atoms with Gasteiger partial charge < -0.3 is 107 Å². The molecule has 0 aromatic heterocycles. The minimum atomic E-state index is -2.36. The molecule has 508 valence electrons. The first-order valence-corrected chi connectivity index (χ1v) is 30.3. The van der Waals surface area contributed by atoms with Crippen LogP contribution in [0.15, 0.2) is 30.4 Å². The number of hydrogen-bond acceptors (Lipinski definition) is 27. The minimum Gasteiger partial charge on any atom is -0.507 e. The summed E-state index contributed by atoms with van der Waals surface area (Å²) in [6, 6.07) is 3.38. The molecule has 0 radical (unpaired) electrons. The van der Waals surface area contributed by atoms with E-state index in [-0.39, 0.29) is 79.5 Å². The lowest BCUT2D eigenvalue weighted by Gasteiger charge is -2.43. The Labute approximate surface area is 526 Å². The van der Waals surface area contributed by atoms with Crippen LogP contribution >= 0.6 is 0 Å². The Balaban J connectivity index is 0.686. The van der Waals surface area contributed by atoms with Crippen molar-refractivity contribution in [2.24, 2.45) is 0 Å². The van der Waals surface area contributed by atoms with E-state index in [1.54, 1.807) is 0 Å². The average Bonchev–Trinajstić information content (AvgIpc) is 1.04. The first-order chi connectivity index (χ1) is 44.1. The number of fused-ring (bicyclic) bond motifs is 3. The maximum absolute atomic E-state index is 14.0. The molecule has 30 heteroatoms. The highest BCUT2D eigenvalue weighted by atomic mass is 16.7. The van der Waals surface area contributed by atoms with Crippen molar-refractivity contribution in [1.82, 2.24) is 15.5 Å². The summed E-state index contributed by atoms with van der Waals surface area (Å²) in [4.78, 5) is 89.7. The van der Waals surface area contributed by atoms with Gasteiger partial charge in [0.25, 0.3) is 11.8 Å². The maximum Gasteiger partial charge on any atom is 0.253 e. The molecule has 6 atom stereocenters. The van der Waals surface area contributed by atoms with Gasteiger partial charge in [0, 0.05) is 74.0 Å². The standard InChI is InChI=1S/C61H87N3O27/c1-40-56(71)43(36-51(90-40)91-45-38-61(76,46(66)39-65)37-42-53(45)60(75)55-54(58(42)73)57(72)41-4-3-5-44(77-2)52(41)59(55)74)63-48(68)9-12-78-14-16-80-18-20-82-22-24-84-26-28-86-30-32-88-34-35-89-33-31-87-29-27-85-25-23-83-21-19-81-17-15-79-13-10-62-47(67)8-11-64-49(69)6-7-50(64)70/h3-7,40,43,45,51,56,65,71,73,75-76H,8-39H2,1-2H3,(H,62,67)(H,63,68)/t40-,43+,45+,51?,56-,61+/m1/s1. The smallest absolute Gasteiger partial charge is 0.253 e. The van der Waals surface area contributed by atoms with Gasteiger partial charge in [-0.3, -0.25) is 38.5 Å². The van der Waals surface area contributed by atoms with Crippen LogP contribution < -0.4 is 15.4 Å². The zero-order valence-corrected chi connectivity index (χ0v) is 51.6. The molecule has 4 aliphatic rings. The molecule has 2 heterocycles. The summed E-state index contributed by atoms with van der Waals surface area (Å²) < 4.78 is 83.5. The van der Waals surface area contributed by atoms with Gasteiger partial charge in [-0.05, 0) is 13.0 Å². The summed E-state index contributed by atoms with van der Waals surface area (Å²) >= 11 is 0. The SMILES string of the molecule is COc1cccc2c1C(=O)c1c(O)c3c(c(O)c1C2=O)C[C@@](O)(C(=O)CO)C[C@@H]3OC1C[C@H](NC(=O)CCOCCOCCOCCOCCOCCOCCOCCOCCOCCOCCOCCOCCNC(=O)CCN2C(=O)C=CC2=O)[C@H](O)[C@@H](C)O1. The summed E-state index contributed by atoms with van der Waals surface area (Å²) in [5, 5.41) is 61.3. The van der Waals surface area contributed by atoms with Crippen LogP contribution in [0, 0.1) is 0 Å². The van der Waals surface area contributed by atoms with E-state index in [9.17, 15) is 59.1 Å². The highest BCUT2D eigenvalue weighted by Gasteiger charge is 2.50. The van der Waals surface area contributed by atoms with Crippen LogP contribution in [0.4, 0.5) is 0 Å². The molecular weight excluding hydrogens is 1210 g/mol. The summed E-state index contributed by atoms with van der Waals surface area (Å²) in [5.41, 5.74) is -4.11. The molecule has 2 aromatic rings. The summed E-state index contributed by atoms with van der Waals surface area (Å²) in [7, 11) is 1.30. The van der Waals surface area contributed by atoms with E-state index in [1.807, 2.05) is 0 Å². The van der Waals surface area contributed by atoms with Crippen LogP contribution in [0.5, 0.6) is 17.2 Å². The van der Waals surface area contributed by atoms with E-state index < -0.39 is 113 Å².